The van der Waals surface area contributed by atoms with Gasteiger partial charge in [0.2, 0.25) is 0 Å². The first-order valence-electron chi connectivity index (χ1n) is 5.91. The molecule has 6 heteroatoms. The molecule has 0 amide bonds. The molecule has 0 bridgehead atoms. The Hall–Kier alpha value is -2.08. The van der Waals surface area contributed by atoms with Crippen molar-refractivity contribution in [1.29, 1.82) is 0 Å². The maximum absolute atomic E-state index is 12.6. The van der Waals surface area contributed by atoms with Gasteiger partial charge >= 0.3 is 0 Å². The van der Waals surface area contributed by atoms with E-state index in [1.54, 1.807) is 36.5 Å². The van der Waals surface area contributed by atoms with E-state index >= 15 is 0 Å². The molecule has 19 heavy (non-hydrogen) atoms. The van der Waals surface area contributed by atoms with E-state index < -0.39 is 10.0 Å². The minimum atomic E-state index is -3.55. The van der Waals surface area contributed by atoms with Crippen LogP contribution in [-0.4, -0.2) is 19.9 Å². The van der Waals surface area contributed by atoms with Crippen molar-refractivity contribution in [3.8, 4) is 0 Å². The molecule has 2 aromatic rings. The number of hydrogen-bond acceptors (Lipinski definition) is 4. The number of aromatic nitrogens is 1. The maximum Gasteiger partial charge on any atom is 0.265 e. The molecule has 0 aliphatic carbocycles. The lowest BCUT2D eigenvalue weighted by Crippen LogP contribution is -2.29. The summed E-state index contributed by atoms with van der Waals surface area (Å²) in [5.74, 6) is 0. The van der Waals surface area contributed by atoms with Gasteiger partial charge in [-0.2, -0.15) is 0 Å². The molecule has 3 rings (SSSR count). The van der Waals surface area contributed by atoms with Crippen LogP contribution in [0.5, 0.6) is 0 Å². The van der Waals surface area contributed by atoms with Gasteiger partial charge in [0.15, 0.2) is 0 Å². The number of hydrogen-bond donors (Lipinski definition) is 1. The van der Waals surface area contributed by atoms with Crippen LogP contribution in [-0.2, 0) is 16.4 Å². The van der Waals surface area contributed by atoms with Crippen LogP contribution in [0.4, 0.5) is 11.4 Å². The Morgan fingerprint density at radius 1 is 1.21 bits per heavy atom. The van der Waals surface area contributed by atoms with E-state index in [1.807, 2.05) is 0 Å². The highest BCUT2D eigenvalue weighted by atomic mass is 32.2. The summed E-state index contributed by atoms with van der Waals surface area (Å²) in [4.78, 5) is 4.06. The summed E-state index contributed by atoms with van der Waals surface area (Å²) in [6.07, 6.45) is 3.55. The Bertz CT molecular complexity index is 714. The monoisotopic (exact) mass is 275 g/mol. The SMILES string of the molecule is Nc1cccc2c1CCN2S(=O)(=O)c1cccnc1. The summed E-state index contributed by atoms with van der Waals surface area (Å²) in [6, 6.07) is 8.51. The number of nitrogens with zero attached hydrogens (tertiary/aromatic N) is 2. The highest BCUT2D eigenvalue weighted by molar-refractivity contribution is 7.92. The van der Waals surface area contributed by atoms with Gasteiger partial charge in [0.05, 0.1) is 5.69 Å². The van der Waals surface area contributed by atoms with Gasteiger partial charge in [-0.3, -0.25) is 9.29 Å². The quantitative estimate of drug-likeness (QED) is 0.841. The lowest BCUT2D eigenvalue weighted by Gasteiger charge is -2.19. The molecule has 1 aromatic carbocycles. The number of benzene rings is 1. The van der Waals surface area contributed by atoms with E-state index in [0.717, 1.165) is 5.56 Å². The van der Waals surface area contributed by atoms with Gasteiger partial charge in [0.25, 0.3) is 10.0 Å². The zero-order valence-corrected chi connectivity index (χ0v) is 11.0. The first kappa shape index (κ1) is 12.0. The number of sulfonamides is 1. The zero-order chi connectivity index (χ0) is 13.5. The second-order valence-electron chi connectivity index (χ2n) is 4.36. The molecule has 2 N–H and O–H groups in total. The molecular weight excluding hydrogens is 262 g/mol. The third-order valence-corrected chi connectivity index (χ3v) is 5.04. The van der Waals surface area contributed by atoms with Gasteiger partial charge in [-0.05, 0) is 30.7 Å². The number of nitrogen functional groups attached to an aromatic ring is 1. The second-order valence-corrected chi connectivity index (χ2v) is 6.22. The van der Waals surface area contributed by atoms with E-state index in [-0.39, 0.29) is 4.90 Å². The highest BCUT2D eigenvalue weighted by Gasteiger charge is 2.31. The van der Waals surface area contributed by atoms with Gasteiger partial charge in [0.1, 0.15) is 4.90 Å². The van der Waals surface area contributed by atoms with E-state index in [2.05, 4.69) is 4.98 Å². The van der Waals surface area contributed by atoms with Crippen LogP contribution in [0.15, 0.2) is 47.6 Å². The fraction of sp³-hybridized carbons (Fsp3) is 0.154. The molecule has 0 fully saturated rings. The predicted molar refractivity (Wildman–Crippen MR) is 73.3 cm³/mol. The number of fused-ring (bicyclic) bond motifs is 1. The summed E-state index contributed by atoms with van der Waals surface area (Å²) < 4.78 is 26.5. The Balaban J connectivity index is 2.10. The maximum atomic E-state index is 12.6. The van der Waals surface area contributed by atoms with Crippen molar-refractivity contribution >= 4 is 21.4 Å². The van der Waals surface area contributed by atoms with Crippen molar-refractivity contribution in [3.05, 3.63) is 48.3 Å². The Morgan fingerprint density at radius 3 is 2.79 bits per heavy atom. The zero-order valence-electron chi connectivity index (χ0n) is 10.2. The Labute approximate surface area is 111 Å². The number of rotatable bonds is 2. The second kappa shape index (κ2) is 4.24. The normalized spacial score (nSPS) is 14.4. The molecule has 1 aliphatic heterocycles. The molecule has 0 radical (unpaired) electrons. The fourth-order valence-corrected chi connectivity index (χ4v) is 3.77. The third-order valence-electron chi connectivity index (χ3n) is 3.24. The van der Waals surface area contributed by atoms with E-state index in [1.165, 1.54) is 10.5 Å². The highest BCUT2D eigenvalue weighted by Crippen LogP contribution is 2.35. The summed E-state index contributed by atoms with van der Waals surface area (Å²) >= 11 is 0. The lowest BCUT2D eigenvalue weighted by molar-refractivity contribution is 0.592. The molecule has 1 aliphatic rings. The fourth-order valence-electron chi connectivity index (χ4n) is 2.31. The van der Waals surface area contributed by atoms with Crippen molar-refractivity contribution in [3.63, 3.8) is 0 Å². The number of anilines is 2. The van der Waals surface area contributed by atoms with E-state index in [4.69, 9.17) is 5.73 Å². The van der Waals surface area contributed by atoms with Crippen LogP contribution in [0.2, 0.25) is 0 Å². The van der Waals surface area contributed by atoms with Crippen LogP contribution >= 0.6 is 0 Å². The molecule has 0 saturated heterocycles. The smallest absolute Gasteiger partial charge is 0.265 e. The van der Waals surface area contributed by atoms with Crippen LogP contribution < -0.4 is 10.0 Å². The summed E-state index contributed by atoms with van der Waals surface area (Å²) in [6.45, 7) is 0.417. The van der Waals surface area contributed by atoms with Crippen molar-refractivity contribution in [2.45, 2.75) is 11.3 Å². The lowest BCUT2D eigenvalue weighted by atomic mass is 10.1. The molecule has 0 unspecified atom stereocenters. The van der Waals surface area contributed by atoms with Crippen molar-refractivity contribution in [2.75, 3.05) is 16.6 Å². The summed E-state index contributed by atoms with van der Waals surface area (Å²) in [5, 5.41) is 0. The molecule has 0 spiro atoms. The molecular formula is C13H13N3O2S. The topological polar surface area (TPSA) is 76.3 Å². The summed E-state index contributed by atoms with van der Waals surface area (Å²) in [5.41, 5.74) is 8.09. The predicted octanol–water partition coefficient (Wildman–Crippen LogP) is 1.42. The van der Waals surface area contributed by atoms with Crippen LogP contribution in [0, 0.1) is 0 Å². The van der Waals surface area contributed by atoms with E-state index in [9.17, 15) is 8.42 Å². The van der Waals surface area contributed by atoms with Gasteiger partial charge in [-0.1, -0.05) is 6.07 Å². The van der Waals surface area contributed by atoms with Crippen molar-refractivity contribution in [1.82, 2.24) is 4.98 Å². The van der Waals surface area contributed by atoms with Gasteiger partial charge < -0.3 is 5.73 Å². The van der Waals surface area contributed by atoms with Crippen LogP contribution in [0.1, 0.15) is 5.56 Å². The molecule has 98 valence electrons. The molecule has 0 atom stereocenters. The number of nitrogens with two attached hydrogens (primary N) is 1. The largest absolute Gasteiger partial charge is 0.398 e. The molecule has 1 aromatic heterocycles. The first-order chi connectivity index (χ1) is 9.10. The van der Waals surface area contributed by atoms with Gasteiger partial charge in [-0.15, -0.1) is 0 Å². The van der Waals surface area contributed by atoms with Crippen molar-refractivity contribution < 1.29 is 8.42 Å². The third kappa shape index (κ3) is 1.84. The standard InChI is InChI=1S/C13H13N3O2S/c14-12-4-1-5-13-11(12)6-8-16(13)19(17,18)10-3-2-7-15-9-10/h1-5,7,9H,6,8,14H2. The molecule has 5 nitrogen and oxygen atoms in total. The van der Waals surface area contributed by atoms with Crippen LogP contribution in [0.3, 0.4) is 0 Å². The number of pyridine rings is 1. The van der Waals surface area contributed by atoms with Gasteiger partial charge in [0, 0.05) is 30.2 Å². The van der Waals surface area contributed by atoms with E-state index in [0.29, 0.717) is 24.3 Å². The summed E-state index contributed by atoms with van der Waals surface area (Å²) in [7, 11) is -3.55. The minimum Gasteiger partial charge on any atom is -0.398 e. The minimum absolute atomic E-state index is 0.199. The average Bonchev–Trinajstić information content (AvgIpc) is 2.86. The van der Waals surface area contributed by atoms with Crippen molar-refractivity contribution in [2.24, 2.45) is 0 Å². The van der Waals surface area contributed by atoms with Crippen LogP contribution in [0.25, 0.3) is 0 Å². The Morgan fingerprint density at radius 2 is 2.05 bits per heavy atom. The molecule has 2 heterocycles. The Kier molecular flexibility index (Phi) is 2.67. The van der Waals surface area contributed by atoms with Gasteiger partial charge in [-0.25, -0.2) is 8.42 Å². The first-order valence-corrected chi connectivity index (χ1v) is 7.35. The average molecular weight is 275 g/mol. The molecule has 0 saturated carbocycles.